The van der Waals surface area contributed by atoms with E-state index in [2.05, 4.69) is 38.4 Å². The summed E-state index contributed by atoms with van der Waals surface area (Å²) < 4.78 is 2.89. The monoisotopic (exact) mass is 402 g/mol. The van der Waals surface area contributed by atoms with Crippen LogP contribution < -0.4 is 5.32 Å². The van der Waals surface area contributed by atoms with Crippen molar-refractivity contribution in [1.82, 2.24) is 14.8 Å². The van der Waals surface area contributed by atoms with E-state index in [-0.39, 0.29) is 11.7 Å². The Balaban J connectivity index is 1.95. The van der Waals surface area contributed by atoms with Crippen molar-refractivity contribution in [2.75, 3.05) is 11.1 Å². The van der Waals surface area contributed by atoms with Crippen molar-refractivity contribution in [3.05, 3.63) is 33.5 Å². The standard InChI is InChI=1S/C14H16BrClN4OS/c1-3-6-20-9(2)18-19-14(20)22-8-13(21)17-12-5-4-10(15)7-11(12)16/h4-5,7H,3,6,8H2,1-2H3,(H,17,21). The second kappa shape index (κ2) is 7.99. The fourth-order valence-electron chi connectivity index (χ4n) is 1.86. The van der Waals surface area contributed by atoms with Gasteiger partial charge >= 0.3 is 0 Å². The van der Waals surface area contributed by atoms with Crippen LogP contribution in [0.3, 0.4) is 0 Å². The Hall–Kier alpha value is -1.05. The van der Waals surface area contributed by atoms with Gasteiger partial charge in [-0.15, -0.1) is 10.2 Å². The molecule has 0 fully saturated rings. The maximum atomic E-state index is 12.0. The Bertz CT molecular complexity index is 677. The van der Waals surface area contributed by atoms with Crippen molar-refractivity contribution in [3.63, 3.8) is 0 Å². The molecule has 0 unspecified atom stereocenters. The van der Waals surface area contributed by atoms with Crippen molar-refractivity contribution in [3.8, 4) is 0 Å². The quantitative estimate of drug-likeness (QED) is 0.736. The molecule has 0 saturated carbocycles. The third-order valence-electron chi connectivity index (χ3n) is 2.89. The molecular weight excluding hydrogens is 388 g/mol. The molecule has 1 heterocycles. The van der Waals surface area contributed by atoms with Crippen molar-refractivity contribution >= 4 is 50.9 Å². The lowest BCUT2D eigenvalue weighted by Gasteiger charge is -2.08. The number of aryl methyl sites for hydroxylation is 1. The fourth-order valence-corrected chi connectivity index (χ4v) is 3.39. The first-order chi connectivity index (χ1) is 10.5. The van der Waals surface area contributed by atoms with E-state index in [0.717, 1.165) is 28.4 Å². The predicted molar refractivity (Wildman–Crippen MR) is 93.6 cm³/mol. The Kier molecular flexibility index (Phi) is 6.28. The maximum absolute atomic E-state index is 12.0. The minimum Gasteiger partial charge on any atom is -0.324 e. The van der Waals surface area contributed by atoms with E-state index < -0.39 is 0 Å². The molecule has 1 N–H and O–H groups in total. The van der Waals surface area contributed by atoms with Gasteiger partial charge in [0.25, 0.3) is 0 Å². The van der Waals surface area contributed by atoms with Gasteiger partial charge in [0.2, 0.25) is 5.91 Å². The molecule has 1 aromatic heterocycles. The van der Waals surface area contributed by atoms with Crippen LogP contribution in [-0.2, 0) is 11.3 Å². The predicted octanol–water partition coefficient (Wildman–Crippen LogP) is 4.14. The van der Waals surface area contributed by atoms with Crippen LogP contribution in [0.15, 0.2) is 27.8 Å². The van der Waals surface area contributed by atoms with Crippen LogP contribution in [0.25, 0.3) is 0 Å². The molecule has 2 aromatic rings. The summed E-state index contributed by atoms with van der Waals surface area (Å²) in [6.45, 7) is 4.85. The highest BCUT2D eigenvalue weighted by atomic mass is 79.9. The Morgan fingerprint density at radius 3 is 2.91 bits per heavy atom. The minimum absolute atomic E-state index is 0.127. The molecule has 22 heavy (non-hydrogen) atoms. The Labute approximate surface area is 147 Å². The van der Waals surface area contributed by atoms with Crippen molar-refractivity contribution in [2.24, 2.45) is 0 Å². The topological polar surface area (TPSA) is 59.8 Å². The highest BCUT2D eigenvalue weighted by Crippen LogP contribution is 2.26. The molecule has 0 radical (unpaired) electrons. The lowest BCUT2D eigenvalue weighted by atomic mass is 10.3. The van der Waals surface area contributed by atoms with Crippen LogP contribution in [0.4, 0.5) is 5.69 Å². The van der Waals surface area contributed by atoms with Crippen molar-refractivity contribution in [1.29, 1.82) is 0 Å². The first-order valence-corrected chi connectivity index (χ1v) is 8.94. The highest BCUT2D eigenvalue weighted by Gasteiger charge is 2.12. The van der Waals surface area contributed by atoms with Gasteiger partial charge in [-0.05, 0) is 31.5 Å². The summed E-state index contributed by atoms with van der Waals surface area (Å²) in [5.74, 6) is 0.993. The summed E-state index contributed by atoms with van der Waals surface area (Å²) in [6.07, 6.45) is 0.993. The Morgan fingerprint density at radius 2 is 2.23 bits per heavy atom. The third kappa shape index (κ3) is 4.47. The first-order valence-electron chi connectivity index (χ1n) is 6.78. The summed E-state index contributed by atoms with van der Waals surface area (Å²) in [6, 6.07) is 5.33. The lowest BCUT2D eigenvalue weighted by Crippen LogP contribution is -2.15. The molecule has 0 aliphatic heterocycles. The molecule has 1 aromatic carbocycles. The average Bonchev–Trinajstić information content (AvgIpc) is 2.81. The summed E-state index contributed by atoms with van der Waals surface area (Å²) in [5, 5.41) is 12.2. The number of benzene rings is 1. The normalized spacial score (nSPS) is 10.7. The summed E-state index contributed by atoms with van der Waals surface area (Å²) in [4.78, 5) is 12.0. The van der Waals surface area contributed by atoms with E-state index >= 15 is 0 Å². The first kappa shape index (κ1) is 17.3. The number of hydrogen-bond acceptors (Lipinski definition) is 4. The molecule has 0 bridgehead atoms. The molecule has 1 amide bonds. The number of amides is 1. The van der Waals surface area contributed by atoms with Crippen LogP contribution in [0.2, 0.25) is 5.02 Å². The number of hydrogen-bond donors (Lipinski definition) is 1. The molecule has 118 valence electrons. The number of nitrogens with one attached hydrogen (secondary N) is 1. The minimum atomic E-state index is -0.127. The Morgan fingerprint density at radius 1 is 1.45 bits per heavy atom. The number of carbonyl (C=O) groups excluding carboxylic acids is 1. The molecule has 0 aliphatic rings. The van der Waals surface area contributed by atoms with Crippen LogP contribution >= 0.6 is 39.3 Å². The van der Waals surface area contributed by atoms with Gasteiger partial charge in [0, 0.05) is 11.0 Å². The van der Waals surface area contributed by atoms with E-state index in [1.807, 2.05) is 17.6 Å². The van der Waals surface area contributed by atoms with E-state index in [1.165, 1.54) is 11.8 Å². The number of aromatic nitrogens is 3. The van der Waals surface area contributed by atoms with Crippen LogP contribution in [0.5, 0.6) is 0 Å². The zero-order chi connectivity index (χ0) is 16.1. The van der Waals surface area contributed by atoms with E-state index in [1.54, 1.807) is 12.1 Å². The molecular formula is C14H16BrClN4OS. The molecule has 8 heteroatoms. The maximum Gasteiger partial charge on any atom is 0.234 e. The lowest BCUT2D eigenvalue weighted by molar-refractivity contribution is -0.113. The molecule has 5 nitrogen and oxygen atoms in total. The largest absolute Gasteiger partial charge is 0.324 e. The van der Waals surface area contributed by atoms with E-state index in [9.17, 15) is 4.79 Å². The molecule has 0 atom stereocenters. The van der Waals surface area contributed by atoms with Gasteiger partial charge < -0.3 is 9.88 Å². The number of rotatable bonds is 6. The number of anilines is 1. The van der Waals surface area contributed by atoms with Gasteiger partial charge in [-0.2, -0.15) is 0 Å². The molecule has 0 aliphatic carbocycles. The molecule has 2 rings (SSSR count). The van der Waals surface area contributed by atoms with Crippen LogP contribution in [0.1, 0.15) is 19.2 Å². The van der Waals surface area contributed by atoms with Gasteiger partial charge in [0.1, 0.15) is 5.82 Å². The highest BCUT2D eigenvalue weighted by molar-refractivity contribution is 9.10. The van der Waals surface area contributed by atoms with Crippen molar-refractivity contribution < 1.29 is 4.79 Å². The summed E-state index contributed by atoms with van der Waals surface area (Å²) >= 11 is 10.8. The average molecular weight is 404 g/mol. The summed E-state index contributed by atoms with van der Waals surface area (Å²) in [7, 11) is 0. The van der Waals surface area contributed by atoms with E-state index in [0.29, 0.717) is 10.7 Å². The second-order valence-electron chi connectivity index (χ2n) is 4.64. The van der Waals surface area contributed by atoms with Crippen LogP contribution in [-0.4, -0.2) is 26.4 Å². The number of thioether (sulfide) groups is 1. The smallest absolute Gasteiger partial charge is 0.234 e. The third-order valence-corrected chi connectivity index (χ3v) is 4.66. The summed E-state index contributed by atoms with van der Waals surface area (Å²) in [5.41, 5.74) is 0.599. The second-order valence-corrected chi connectivity index (χ2v) is 6.91. The molecule has 0 spiro atoms. The number of halogens is 2. The van der Waals surface area contributed by atoms with Gasteiger partial charge in [0.15, 0.2) is 5.16 Å². The van der Waals surface area contributed by atoms with E-state index in [4.69, 9.17) is 11.6 Å². The van der Waals surface area contributed by atoms with Gasteiger partial charge in [-0.25, -0.2) is 0 Å². The number of nitrogens with zero attached hydrogens (tertiary/aromatic N) is 3. The number of carbonyl (C=O) groups is 1. The van der Waals surface area contributed by atoms with Gasteiger partial charge in [-0.1, -0.05) is 46.2 Å². The fraction of sp³-hybridized carbons (Fsp3) is 0.357. The SMILES string of the molecule is CCCn1c(C)nnc1SCC(=O)Nc1ccc(Br)cc1Cl. The molecule has 0 saturated heterocycles. The van der Waals surface area contributed by atoms with Crippen molar-refractivity contribution in [2.45, 2.75) is 32.0 Å². The van der Waals surface area contributed by atoms with Gasteiger partial charge in [0.05, 0.1) is 16.5 Å². The zero-order valence-corrected chi connectivity index (χ0v) is 15.4. The van der Waals surface area contributed by atoms with Gasteiger partial charge in [-0.3, -0.25) is 4.79 Å². The van der Waals surface area contributed by atoms with Crippen LogP contribution in [0, 0.1) is 6.92 Å². The zero-order valence-electron chi connectivity index (χ0n) is 12.3.